The molecular formula is C15H23FN2O. The summed E-state index contributed by atoms with van der Waals surface area (Å²) in [6, 6.07) is 7.23. The molecule has 3 nitrogen and oxygen atoms in total. The first-order chi connectivity index (χ1) is 9.24. The molecule has 0 amide bonds. The van der Waals surface area contributed by atoms with E-state index in [0.717, 1.165) is 32.7 Å². The van der Waals surface area contributed by atoms with E-state index in [0.29, 0.717) is 6.04 Å². The molecule has 1 aliphatic heterocycles. The van der Waals surface area contributed by atoms with Gasteiger partial charge in [-0.2, -0.15) is 0 Å². The Kier molecular flexibility index (Phi) is 5.31. The number of nitrogens with zero attached hydrogens (tertiary/aromatic N) is 1. The third-order valence-electron chi connectivity index (χ3n) is 3.68. The van der Waals surface area contributed by atoms with Crippen molar-refractivity contribution in [1.29, 1.82) is 0 Å². The van der Waals surface area contributed by atoms with Crippen LogP contribution in [0.2, 0.25) is 0 Å². The maximum absolute atomic E-state index is 13.0. The predicted octanol–water partition coefficient (Wildman–Crippen LogP) is 2.20. The SMILES string of the molecule is CCC(c1ccc(F)cc1)N1CCOC(CNC)C1. The number of nitrogens with one attached hydrogen (secondary N) is 1. The summed E-state index contributed by atoms with van der Waals surface area (Å²) in [6.07, 6.45) is 1.27. The average Bonchev–Trinajstić information content (AvgIpc) is 2.43. The minimum atomic E-state index is -0.173. The molecule has 0 saturated carbocycles. The van der Waals surface area contributed by atoms with Crippen LogP contribution in [0.25, 0.3) is 0 Å². The van der Waals surface area contributed by atoms with Crippen molar-refractivity contribution in [3.05, 3.63) is 35.6 Å². The van der Waals surface area contributed by atoms with Crippen LogP contribution in [0.15, 0.2) is 24.3 Å². The van der Waals surface area contributed by atoms with Crippen LogP contribution in [0.5, 0.6) is 0 Å². The van der Waals surface area contributed by atoms with E-state index < -0.39 is 0 Å². The lowest BCUT2D eigenvalue weighted by atomic mass is 10.0. The average molecular weight is 266 g/mol. The van der Waals surface area contributed by atoms with Crippen molar-refractivity contribution < 1.29 is 9.13 Å². The molecule has 0 spiro atoms. The van der Waals surface area contributed by atoms with E-state index in [1.165, 1.54) is 5.56 Å². The third-order valence-corrected chi connectivity index (χ3v) is 3.68. The van der Waals surface area contributed by atoms with Crippen LogP contribution in [0.3, 0.4) is 0 Å². The highest BCUT2D eigenvalue weighted by molar-refractivity contribution is 5.20. The van der Waals surface area contributed by atoms with Gasteiger partial charge in [0, 0.05) is 25.7 Å². The van der Waals surface area contributed by atoms with Gasteiger partial charge in [-0.3, -0.25) is 4.90 Å². The van der Waals surface area contributed by atoms with Gasteiger partial charge >= 0.3 is 0 Å². The molecule has 0 aromatic heterocycles. The van der Waals surface area contributed by atoms with Crippen molar-refractivity contribution in [2.24, 2.45) is 0 Å². The minimum Gasteiger partial charge on any atom is -0.374 e. The molecule has 0 bridgehead atoms. The van der Waals surface area contributed by atoms with Gasteiger partial charge in [0.15, 0.2) is 0 Å². The number of halogens is 1. The zero-order chi connectivity index (χ0) is 13.7. The fourth-order valence-electron chi connectivity index (χ4n) is 2.77. The summed E-state index contributed by atoms with van der Waals surface area (Å²) in [6.45, 7) is 5.68. The summed E-state index contributed by atoms with van der Waals surface area (Å²) in [5, 5.41) is 3.16. The van der Waals surface area contributed by atoms with Crippen molar-refractivity contribution in [2.75, 3.05) is 33.3 Å². The van der Waals surface area contributed by atoms with E-state index >= 15 is 0 Å². The molecule has 1 saturated heterocycles. The lowest BCUT2D eigenvalue weighted by molar-refractivity contribution is -0.0424. The van der Waals surface area contributed by atoms with E-state index in [4.69, 9.17) is 4.74 Å². The Morgan fingerprint density at radius 3 is 2.79 bits per heavy atom. The first-order valence-corrected chi connectivity index (χ1v) is 7.00. The number of benzene rings is 1. The summed E-state index contributed by atoms with van der Waals surface area (Å²) >= 11 is 0. The first kappa shape index (κ1) is 14.4. The van der Waals surface area contributed by atoms with Gasteiger partial charge in [0.25, 0.3) is 0 Å². The normalized spacial score (nSPS) is 22.4. The Balaban J connectivity index is 2.06. The molecule has 1 aliphatic rings. The zero-order valence-electron chi connectivity index (χ0n) is 11.7. The maximum atomic E-state index is 13.0. The molecule has 4 heteroatoms. The Hall–Kier alpha value is -0.970. The summed E-state index contributed by atoms with van der Waals surface area (Å²) in [4.78, 5) is 2.44. The van der Waals surface area contributed by atoms with Crippen molar-refractivity contribution in [2.45, 2.75) is 25.5 Å². The molecule has 1 heterocycles. The lowest BCUT2D eigenvalue weighted by Crippen LogP contribution is -2.47. The molecule has 2 atom stereocenters. The largest absolute Gasteiger partial charge is 0.374 e. The Labute approximate surface area is 114 Å². The van der Waals surface area contributed by atoms with Crippen molar-refractivity contribution in [1.82, 2.24) is 10.2 Å². The minimum absolute atomic E-state index is 0.173. The monoisotopic (exact) mass is 266 g/mol. The molecule has 1 aromatic rings. The Morgan fingerprint density at radius 1 is 1.42 bits per heavy atom. The second kappa shape index (κ2) is 6.98. The summed E-state index contributed by atoms with van der Waals surface area (Å²) < 4.78 is 18.8. The second-order valence-corrected chi connectivity index (χ2v) is 5.02. The van der Waals surface area contributed by atoms with Crippen LogP contribution in [-0.4, -0.2) is 44.3 Å². The molecular weight excluding hydrogens is 243 g/mol. The van der Waals surface area contributed by atoms with Gasteiger partial charge < -0.3 is 10.1 Å². The summed E-state index contributed by atoms with van der Waals surface area (Å²) in [7, 11) is 1.94. The van der Waals surface area contributed by atoms with Gasteiger partial charge in [0.2, 0.25) is 0 Å². The standard InChI is InChI=1S/C15H23FN2O/c1-3-15(12-4-6-13(16)7-5-12)18-8-9-19-14(11-18)10-17-2/h4-7,14-15,17H,3,8-11H2,1-2H3. The van der Waals surface area contributed by atoms with Crippen LogP contribution in [0.1, 0.15) is 24.9 Å². The highest BCUT2D eigenvalue weighted by atomic mass is 19.1. The van der Waals surface area contributed by atoms with E-state index in [1.807, 2.05) is 19.2 Å². The summed E-state index contributed by atoms with van der Waals surface area (Å²) in [5.41, 5.74) is 1.19. The van der Waals surface area contributed by atoms with Gasteiger partial charge in [-0.15, -0.1) is 0 Å². The topological polar surface area (TPSA) is 24.5 Å². The number of ether oxygens (including phenoxy) is 1. The molecule has 1 N–H and O–H groups in total. The van der Waals surface area contributed by atoms with Crippen molar-refractivity contribution in [3.63, 3.8) is 0 Å². The van der Waals surface area contributed by atoms with Gasteiger partial charge in [-0.1, -0.05) is 19.1 Å². The molecule has 1 fully saturated rings. The first-order valence-electron chi connectivity index (χ1n) is 7.00. The van der Waals surface area contributed by atoms with Crippen LogP contribution >= 0.6 is 0 Å². The van der Waals surface area contributed by atoms with Crippen LogP contribution < -0.4 is 5.32 Å². The molecule has 1 aromatic carbocycles. The molecule has 2 rings (SSSR count). The van der Waals surface area contributed by atoms with Crippen LogP contribution in [0, 0.1) is 5.82 Å². The van der Waals surface area contributed by atoms with E-state index in [-0.39, 0.29) is 11.9 Å². The van der Waals surface area contributed by atoms with E-state index in [1.54, 1.807) is 12.1 Å². The van der Waals surface area contributed by atoms with E-state index in [9.17, 15) is 4.39 Å². The van der Waals surface area contributed by atoms with Gasteiger partial charge in [-0.25, -0.2) is 4.39 Å². The number of rotatable bonds is 5. The number of hydrogen-bond donors (Lipinski definition) is 1. The molecule has 0 radical (unpaired) electrons. The quantitative estimate of drug-likeness (QED) is 0.884. The van der Waals surface area contributed by atoms with E-state index in [2.05, 4.69) is 17.1 Å². The Bertz CT molecular complexity index is 380. The predicted molar refractivity (Wildman–Crippen MR) is 74.7 cm³/mol. The van der Waals surface area contributed by atoms with Gasteiger partial charge in [0.05, 0.1) is 12.7 Å². The highest BCUT2D eigenvalue weighted by Crippen LogP contribution is 2.26. The second-order valence-electron chi connectivity index (χ2n) is 5.02. The molecule has 2 unspecified atom stereocenters. The van der Waals surface area contributed by atoms with Gasteiger partial charge in [0.1, 0.15) is 5.82 Å². The number of hydrogen-bond acceptors (Lipinski definition) is 3. The smallest absolute Gasteiger partial charge is 0.123 e. The molecule has 19 heavy (non-hydrogen) atoms. The molecule has 0 aliphatic carbocycles. The zero-order valence-corrected chi connectivity index (χ0v) is 11.7. The van der Waals surface area contributed by atoms with Crippen molar-refractivity contribution >= 4 is 0 Å². The maximum Gasteiger partial charge on any atom is 0.123 e. The summed E-state index contributed by atoms with van der Waals surface area (Å²) in [5.74, 6) is -0.173. The number of morpholine rings is 1. The molecule has 106 valence electrons. The Morgan fingerprint density at radius 2 is 2.16 bits per heavy atom. The van der Waals surface area contributed by atoms with Crippen LogP contribution in [0.4, 0.5) is 4.39 Å². The lowest BCUT2D eigenvalue weighted by Gasteiger charge is -2.38. The van der Waals surface area contributed by atoms with Gasteiger partial charge in [-0.05, 0) is 31.2 Å². The van der Waals surface area contributed by atoms with Crippen molar-refractivity contribution in [3.8, 4) is 0 Å². The fraction of sp³-hybridized carbons (Fsp3) is 0.600. The highest BCUT2D eigenvalue weighted by Gasteiger charge is 2.26. The third kappa shape index (κ3) is 3.75. The number of likely N-dealkylation sites (N-methyl/N-ethyl adjacent to an activating group) is 1. The van der Waals surface area contributed by atoms with Crippen LogP contribution in [-0.2, 0) is 4.74 Å². The fourth-order valence-corrected chi connectivity index (χ4v) is 2.77.